The van der Waals surface area contributed by atoms with Gasteiger partial charge in [0.15, 0.2) is 0 Å². The minimum absolute atomic E-state index is 0.0461. The van der Waals surface area contributed by atoms with Crippen molar-refractivity contribution in [2.75, 3.05) is 6.61 Å². The van der Waals surface area contributed by atoms with Crippen LogP contribution in [0.25, 0.3) is 0 Å². The van der Waals surface area contributed by atoms with E-state index in [1.54, 1.807) is 18.4 Å². The first kappa shape index (κ1) is 12.9. The van der Waals surface area contributed by atoms with Gasteiger partial charge in [-0.25, -0.2) is 0 Å². The summed E-state index contributed by atoms with van der Waals surface area (Å²) in [5.41, 5.74) is 0.710. The Kier molecular flexibility index (Phi) is 5.14. The van der Waals surface area contributed by atoms with Crippen LogP contribution in [0, 0.1) is 0 Å². The van der Waals surface area contributed by atoms with Crippen molar-refractivity contribution in [3.8, 4) is 0 Å². The number of esters is 1. The van der Waals surface area contributed by atoms with Crippen LogP contribution in [0.1, 0.15) is 31.4 Å². The molecule has 1 atom stereocenters. The van der Waals surface area contributed by atoms with Gasteiger partial charge >= 0.3 is 5.97 Å². The quantitative estimate of drug-likeness (QED) is 0.609. The standard InChI is InChI=1S/C11H14O4S/c1-2-15-11(14)6-9(12)5-10(13)8-3-4-16-7-8/h3-4,7,10,13H,2,5-6H2,1H3. The number of aliphatic hydroxyl groups excluding tert-OH is 1. The number of hydrogen-bond donors (Lipinski definition) is 1. The monoisotopic (exact) mass is 242 g/mol. The van der Waals surface area contributed by atoms with E-state index >= 15 is 0 Å². The maximum absolute atomic E-state index is 11.4. The van der Waals surface area contributed by atoms with Gasteiger partial charge in [0.2, 0.25) is 0 Å². The second-order valence-electron chi connectivity index (χ2n) is 3.30. The summed E-state index contributed by atoms with van der Waals surface area (Å²) in [6.07, 6.45) is -1.14. The van der Waals surface area contributed by atoms with Crippen LogP contribution in [0.2, 0.25) is 0 Å². The highest BCUT2D eigenvalue weighted by atomic mass is 32.1. The highest BCUT2D eigenvalue weighted by Gasteiger charge is 2.16. The molecule has 1 rings (SSSR count). The molecule has 0 bridgehead atoms. The first-order chi connectivity index (χ1) is 7.63. The van der Waals surface area contributed by atoms with Gasteiger partial charge in [0.1, 0.15) is 12.2 Å². The van der Waals surface area contributed by atoms with Gasteiger partial charge < -0.3 is 9.84 Å². The van der Waals surface area contributed by atoms with E-state index in [1.165, 1.54) is 11.3 Å². The minimum atomic E-state index is -0.826. The van der Waals surface area contributed by atoms with Crippen LogP contribution in [0.3, 0.4) is 0 Å². The molecule has 0 saturated heterocycles. The number of Topliss-reactive ketones (excluding diaryl/α,β-unsaturated/α-hetero) is 1. The summed E-state index contributed by atoms with van der Waals surface area (Å²) < 4.78 is 4.65. The molecule has 1 N–H and O–H groups in total. The van der Waals surface area contributed by atoms with Crippen molar-refractivity contribution in [1.82, 2.24) is 0 Å². The molecular weight excluding hydrogens is 228 g/mol. The smallest absolute Gasteiger partial charge is 0.313 e. The number of carbonyl (C=O) groups excluding carboxylic acids is 2. The summed E-state index contributed by atoms with van der Waals surface area (Å²) in [6.45, 7) is 1.95. The zero-order valence-electron chi connectivity index (χ0n) is 9.01. The van der Waals surface area contributed by atoms with Gasteiger partial charge in [-0.3, -0.25) is 9.59 Å². The van der Waals surface area contributed by atoms with Crippen molar-refractivity contribution in [2.45, 2.75) is 25.9 Å². The van der Waals surface area contributed by atoms with Crippen LogP contribution in [-0.2, 0) is 14.3 Å². The largest absolute Gasteiger partial charge is 0.466 e. The fourth-order valence-corrected chi connectivity index (χ4v) is 1.95. The molecule has 16 heavy (non-hydrogen) atoms. The summed E-state index contributed by atoms with van der Waals surface area (Å²) >= 11 is 1.45. The molecule has 1 aromatic heterocycles. The molecule has 0 saturated carbocycles. The number of thiophene rings is 1. The summed E-state index contributed by atoms with van der Waals surface area (Å²) in [4.78, 5) is 22.4. The highest BCUT2D eigenvalue weighted by molar-refractivity contribution is 7.07. The molecule has 4 nitrogen and oxygen atoms in total. The van der Waals surface area contributed by atoms with Crippen LogP contribution < -0.4 is 0 Å². The van der Waals surface area contributed by atoms with Crippen molar-refractivity contribution in [3.05, 3.63) is 22.4 Å². The van der Waals surface area contributed by atoms with Crippen molar-refractivity contribution < 1.29 is 19.4 Å². The molecule has 1 unspecified atom stereocenters. The third-order valence-electron chi connectivity index (χ3n) is 2.00. The lowest BCUT2D eigenvalue weighted by molar-refractivity contribution is -0.145. The molecule has 0 aliphatic heterocycles. The average Bonchev–Trinajstić information content (AvgIpc) is 2.69. The second-order valence-corrected chi connectivity index (χ2v) is 4.08. The molecule has 0 spiro atoms. The van der Waals surface area contributed by atoms with Gasteiger partial charge in [-0.2, -0.15) is 11.3 Å². The third kappa shape index (κ3) is 4.12. The van der Waals surface area contributed by atoms with E-state index in [2.05, 4.69) is 4.74 Å². The highest BCUT2D eigenvalue weighted by Crippen LogP contribution is 2.19. The summed E-state index contributed by atoms with van der Waals surface area (Å²) in [5, 5.41) is 13.3. The lowest BCUT2D eigenvalue weighted by atomic mass is 10.1. The zero-order chi connectivity index (χ0) is 12.0. The molecule has 0 fully saturated rings. The van der Waals surface area contributed by atoms with Crippen molar-refractivity contribution in [3.63, 3.8) is 0 Å². The first-order valence-corrected chi connectivity index (χ1v) is 5.95. The number of aliphatic hydroxyl groups is 1. The van der Waals surface area contributed by atoms with Crippen LogP contribution in [0.5, 0.6) is 0 Å². The van der Waals surface area contributed by atoms with Gasteiger partial charge in [-0.15, -0.1) is 0 Å². The van der Waals surface area contributed by atoms with E-state index in [-0.39, 0.29) is 25.2 Å². The fourth-order valence-electron chi connectivity index (χ4n) is 1.24. The van der Waals surface area contributed by atoms with Gasteiger partial charge in [-0.05, 0) is 29.3 Å². The Hall–Kier alpha value is -1.20. The fraction of sp³-hybridized carbons (Fsp3) is 0.455. The lowest BCUT2D eigenvalue weighted by Crippen LogP contribution is -2.13. The summed E-state index contributed by atoms with van der Waals surface area (Å²) in [7, 11) is 0. The molecule has 5 heteroatoms. The Balaban J connectivity index is 2.37. The molecule has 0 radical (unpaired) electrons. The van der Waals surface area contributed by atoms with E-state index in [0.717, 1.165) is 0 Å². The Bertz CT molecular complexity index is 345. The SMILES string of the molecule is CCOC(=O)CC(=O)CC(O)c1ccsc1. The maximum atomic E-state index is 11.4. The Morgan fingerprint density at radius 3 is 2.88 bits per heavy atom. The second kappa shape index (κ2) is 6.40. The molecule has 0 aliphatic carbocycles. The van der Waals surface area contributed by atoms with Gasteiger partial charge in [0, 0.05) is 6.42 Å². The Morgan fingerprint density at radius 2 is 2.31 bits per heavy atom. The van der Waals surface area contributed by atoms with Crippen LogP contribution in [0.15, 0.2) is 16.8 Å². The number of ketones is 1. The van der Waals surface area contributed by atoms with Crippen molar-refractivity contribution >= 4 is 23.1 Å². The molecule has 0 aliphatic rings. The predicted octanol–water partition coefficient (Wildman–Crippen LogP) is 1.69. The molecule has 0 aromatic carbocycles. The first-order valence-electron chi connectivity index (χ1n) is 5.01. The normalized spacial score (nSPS) is 12.1. The zero-order valence-corrected chi connectivity index (χ0v) is 9.83. The molecule has 1 heterocycles. The van der Waals surface area contributed by atoms with Gasteiger partial charge in [0.05, 0.1) is 12.7 Å². The maximum Gasteiger partial charge on any atom is 0.313 e. The summed E-state index contributed by atoms with van der Waals surface area (Å²) in [5.74, 6) is -0.845. The number of ether oxygens (including phenoxy) is 1. The Labute approximate surface area is 97.9 Å². The van der Waals surface area contributed by atoms with E-state index in [9.17, 15) is 14.7 Å². The molecule has 0 amide bonds. The third-order valence-corrected chi connectivity index (χ3v) is 2.70. The lowest BCUT2D eigenvalue weighted by Gasteiger charge is -2.07. The van der Waals surface area contributed by atoms with E-state index in [4.69, 9.17) is 0 Å². The molecule has 88 valence electrons. The predicted molar refractivity (Wildman–Crippen MR) is 60.2 cm³/mol. The van der Waals surface area contributed by atoms with E-state index < -0.39 is 12.1 Å². The van der Waals surface area contributed by atoms with Crippen LogP contribution >= 0.6 is 11.3 Å². The average molecular weight is 242 g/mol. The van der Waals surface area contributed by atoms with Crippen molar-refractivity contribution in [2.24, 2.45) is 0 Å². The van der Waals surface area contributed by atoms with E-state index in [0.29, 0.717) is 5.56 Å². The topological polar surface area (TPSA) is 63.6 Å². The molecular formula is C11H14O4S. The number of rotatable bonds is 6. The van der Waals surface area contributed by atoms with Crippen molar-refractivity contribution in [1.29, 1.82) is 0 Å². The van der Waals surface area contributed by atoms with Crippen LogP contribution in [-0.4, -0.2) is 23.5 Å². The number of carbonyl (C=O) groups is 2. The van der Waals surface area contributed by atoms with E-state index in [1.807, 2.05) is 5.38 Å². The number of hydrogen-bond acceptors (Lipinski definition) is 5. The molecule has 1 aromatic rings. The Morgan fingerprint density at radius 1 is 1.56 bits per heavy atom. The van der Waals surface area contributed by atoms with Gasteiger partial charge in [0.25, 0.3) is 0 Å². The van der Waals surface area contributed by atoms with Gasteiger partial charge in [-0.1, -0.05) is 0 Å². The summed E-state index contributed by atoms with van der Waals surface area (Å²) in [6, 6.07) is 1.76. The minimum Gasteiger partial charge on any atom is -0.466 e. The van der Waals surface area contributed by atoms with Crippen LogP contribution in [0.4, 0.5) is 0 Å².